The fourth-order valence-electron chi connectivity index (χ4n) is 2.97. The van der Waals surface area contributed by atoms with E-state index in [4.69, 9.17) is 27.9 Å². The number of rotatable bonds is 6. The van der Waals surface area contributed by atoms with Crippen molar-refractivity contribution in [2.75, 3.05) is 0 Å². The van der Waals surface area contributed by atoms with Crippen LogP contribution in [-0.2, 0) is 13.2 Å². The van der Waals surface area contributed by atoms with Gasteiger partial charge in [0.05, 0.1) is 0 Å². The first-order valence-corrected chi connectivity index (χ1v) is 8.86. The van der Waals surface area contributed by atoms with Gasteiger partial charge in [-0.2, -0.15) is 0 Å². The highest BCUT2D eigenvalue weighted by atomic mass is 35.5. The molecule has 2 aromatic rings. The largest absolute Gasteiger partial charge is 0.489 e. The van der Waals surface area contributed by atoms with Gasteiger partial charge in [-0.25, -0.2) is 0 Å². The Morgan fingerprint density at radius 3 is 2.50 bits per heavy atom. The Balaban J connectivity index is 0.00000208. The van der Waals surface area contributed by atoms with E-state index in [9.17, 15) is 0 Å². The first-order valence-electron chi connectivity index (χ1n) is 8.10. The summed E-state index contributed by atoms with van der Waals surface area (Å²) in [5.41, 5.74) is 2.12. The molecule has 3 rings (SSSR count). The summed E-state index contributed by atoms with van der Waals surface area (Å²) in [4.78, 5) is 0. The molecule has 0 spiro atoms. The third-order valence-electron chi connectivity index (χ3n) is 4.31. The lowest BCUT2D eigenvalue weighted by molar-refractivity contribution is 0.301. The molecule has 1 aliphatic rings. The van der Waals surface area contributed by atoms with Crippen LogP contribution in [0, 0.1) is 0 Å². The predicted octanol–water partition coefficient (Wildman–Crippen LogP) is 6.03. The second-order valence-corrected chi connectivity index (χ2v) is 6.84. The van der Waals surface area contributed by atoms with Gasteiger partial charge in [0.15, 0.2) is 0 Å². The molecule has 2 aromatic carbocycles. The summed E-state index contributed by atoms with van der Waals surface area (Å²) >= 11 is 12.1. The van der Waals surface area contributed by atoms with Crippen LogP contribution in [0.15, 0.2) is 42.5 Å². The van der Waals surface area contributed by atoms with Crippen molar-refractivity contribution in [3.8, 4) is 5.75 Å². The predicted molar refractivity (Wildman–Crippen MR) is 104 cm³/mol. The van der Waals surface area contributed by atoms with E-state index in [2.05, 4.69) is 11.4 Å². The summed E-state index contributed by atoms with van der Waals surface area (Å²) in [6.07, 6.45) is 5.24. The molecule has 0 amide bonds. The first kappa shape index (κ1) is 19.4. The average Bonchev–Trinajstić information content (AvgIpc) is 3.06. The lowest BCUT2D eigenvalue weighted by atomic mass is 10.1. The lowest BCUT2D eigenvalue weighted by Crippen LogP contribution is -2.25. The maximum atomic E-state index is 6.21. The summed E-state index contributed by atoms with van der Waals surface area (Å²) < 4.78 is 5.99. The molecule has 24 heavy (non-hydrogen) atoms. The second kappa shape index (κ2) is 9.53. The molecule has 0 atom stereocenters. The van der Waals surface area contributed by atoms with Crippen molar-refractivity contribution < 1.29 is 4.74 Å². The van der Waals surface area contributed by atoms with Gasteiger partial charge < -0.3 is 10.1 Å². The van der Waals surface area contributed by atoms with Gasteiger partial charge >= 0.3 is 0 Å². The summed E-state index contributed by atoms with van der Waals surface area (Å²) in [5, 5.41) is 4.91. The Bertz CT molecular complexity index is 657. The highest BCUT2D eigenvalue weighted by Crippen LogP contribution is 2.25. The van der Waals surface area contributed by atoms with Crippen molar-refractivity contribution in [2.24, 2.45) is 0 Å². The Hall–Kier alpha value is -0.930. The number of hydrogen-bond donors (Lipinski definition) is 1. The van der Waals surface area contributed by atoms with Crippen molar-refractivity contribution in [2.45, 2.75) is 44.9 Å². The van der Waals surface area contributed by atoms with E-state index in [1.165, 1.54) is 31.2 Å². The molecule has 1 saturated carbocycles. The van der Waals surface area contributed by atoms with E-state index in [1.807, 2.05) is 30.3 Å². The number of ether oxygens (including phenoxy) is 1. The van der Waals surface area contributed by atoms with Crippen LogP contribution >= 0.6 is 35.6 Å². The average molecular weight is 387 g/mol. The van der Waals surface area contributed by atoms with Gasteiger partial charge in [0.2, 0.25) is 0 Å². The highest BCUT2D eigenvalue weighted by molar-refractivity contribution is 6.35. The van der Waals surface area contributed by atoms with Crippen LogP contribution in [0.1, 0.15) is 36.8 Å². The van der Waals surface area contributed by atoms with Crippen LogP contribution in [0.4, 0.5) is 0 Å². The Labute approximate surface area is 159 Å². The fourth-order valence-corrected chi connectivity index (χ4v) is 3.43. The number of benzene rings is 2. The molecule has 5 heteroatoms. The molecular weight excluding hydrogens is 365 g/mol. The SMILES string of the molecule is Cl.Clc1ccc(COc2ccccc2CNC2CCCC2)c(Cl)c1. The standard InChI is InChI=1S/C19H21Cl2NO.ClH/c20-16-10-9-15(18(21)11-16)13-23-19-8-4-1-5-14(19)12-22-17-6-2-3-7-17;/h1,4-5,8-11,17,22H,2-3,6-7,12-13H2;1H. The van der Waals surface area contributed by atoms with Crippen LogP contribution in [0.3, 0.4) is 0 Å². The summed E-state index contributed by atoms with van der Waals surface area (Å²) in [6, 6.07) is 14.3. The summed E-state index contributed by atoms with van der Waals surface area (Å²) in [5.74, 6) is 0.906. The van der Waals surface area contributed by atoms with Crippen LogP contribution in [0.5, 0.6) is 5.75 Å². The van der Waals surface area contributed by atoms with Crippen molar-refractivity contribution in [1.29, 1.82) is 0 Å². The molecule has 1 fully saturated rings. The lowest BCUT2D eigenvalue weighted by Gasteiger charge is -2.15. The van der Waals surface area contributed by atoms with E-state index in [-0.39, 0.29) is 12.4 Å². The molecule has 1 aliphatic carbocycles. The quantitative estimate of drug-likeness (QED) is 0.654. The third kappa shape index (κ3) is 5.29. The minimum Gasteiger partial charge on any atom is -0.489 e. The highest BCUT2D eigenvalue weighted by Gasteiger charge is 2.14. The van der Waals surface area contributed by atoms with Gasteiger partial charge in [0.1, 0.15) is 12.4 Å². The molecule has 0 aliphatic heterocycles. The maximum absolute atomic E-state index is 6.21. The monoisotopic (exact) mass is 385 g/mol. The van der Waals surface area contributed by atoms with Gasteiger partial charge in [-0.3, -0.25) is 0 Å². The molecule has 0 heterocycles. The van der Waals surface area contributed by atoms with Gasteiger partial charge in [-0.1, -0.05) is 60.3 Å². The molecule has 0 radical (unpaired) electrons. The molecular formula is C19H22Cl3NO. The molecule has 2 nitrogen and oxygen atoms in total. The Morgan fingerprint density at radius 1 is 1.00 bits per heavy atom. The fraction of sp³-hybridized carbons (Fsp3) is 0.368. The molecule has 1 N–H and O–H groups in total. The van der Waals surface area contributed by atoms with Crippen LogP contribution < -0.4 is 10.1 Å². The topological polar surface area (TPSA) is 21.3 Å². The number of nitrogens with one attached hydrogen (secondary N) is 1. The maximum Gasteiger partial charge on any atom is 0.124 e. The molecule has 0 aromatic heterocycles. The number of hydrogen-bond acceptors (Lipinski definition) is 2. The van der Waals surface area contributed by atoms with Gasteiger partial charge in [0, 0.05) is 33.8 Å². The smallest absolute Gasteiger partial charge is 0.124 e. The minimum absolute atomic E-state index is 0. The normalized spacial score (nSPS) is 14.4. The van der Waals surface area contributed by atoms with Gasteiger partial charge in [-0.05, 0) is 31.0 Å². The van der Waals surface area contributed by atoms with Crippen molar-refractivity contribution >= 4 is 35.6 Å². The Kier molecular flexibility index (Phi) is 7.70. The van der Waals surface area contributed by atoms with E-state index < -0.39 is 0 Å². The van der Waals surface area contributed by atoms with Crippen molar-refractivity contribution in [3.63, 3.8) is 0 Å². The van der Waals surface area contributed by atoms with E-state index >= 15 is 0 Å². The summed E-state index contributed by atoms with van der Waals surface area (Å²) in [6.45, 7) is 1.28. The zero-order chi connectivity index (χ0) is 16.1. The first-order chi connectivity index (χ1) is 11.2. The van der Waals surface area contributed by atoms with Crippen molar-refractivity contribution in [1.82, 2.24) is 5.32 Å². The number of halogens is 3. The van der Waals surface area contributed by atoms with Crippen LogP contribution in [-0.4, -0.2) is 6.04 Å². The van der Waals surface area contributed by atoms with E-state index in [0.717, 1.165) is 17.9 Å². The van der Waals surface area contributed by atoms with Crippen LogP contribution in [0.25, 0.3) is 0 Å². The number of para-hydroxylation sites is 1. The van der Waals surface area contributed by atoms with E-state index in [1.54, 1.807) is 6.07 Å². The summed E-state index contributed by atoms with van der Waals surface area (Å²) in [7, 11) is 0. The molecule has 130 valence electrons. The molecule has 0 unspecified atom stereocenters. The van der Waals surface area contributed by atoms with Crippen molar-refractivity contribution in [3.05, 3.63) is 63.6 Å². The zero-order valence-electron chi connectivity index (χ0n) is 13.4. The van der Waals surface area contributed by atoms with Gasteiger partial charge in [0.25, 0.3) is 0 Å². The molecule has 0 bridgehead atoms. The second-order valence-electron chi connectivity index (χ2n) is 5.99. The van der Waals surface area contributed by atoms with E-state index in [0.29, 0.717) is 22.7 Å². The third-order valence-corrected chi connectivity index (χ3v) is 4.89. The minimum atomic E-state index is 0. The zero-order valence-corrected chi connectivity index (χ0v) is 15.8. The van der Waals surface area contributed by atoms with Gasteiger partial charge in [-0.15, -0.1) is 12.4 Å². The Morgan fingerprint density at radius 2 is 1.75 bits per heavy atom. The molecule has 0 saturated heterocycles. The van der Waals surface area contributed by atoms with Crippen LogP contribution in [0.2, 0.25) is 10.0 Å².